The first-order chi connectivity index (χ1) is 16.1. The van der Waals surface area contributed by atoms with Crippen LogP contribution >= 0.6 is 0 Å². The SMILES string of the molecule is Cc1cccc(-c2nn([C@@H]3CCOC3)cc2-c2ccnc(-c3ccc(CS(=O)O)cc3)c2)n1. The van der Waals surface area contributed by atoms with Gasteiger partial charge < -0.3 is 9.29 Å². The lowest BCUT2D eigenvalue weighted by Crippen LogP contribution is -2.09. The Morgan fingerprint density at radius 2 is 1.97 bits per heavy atom. The summed E-state index contributed by atoms with van der Waals surface area (Å²) in [6.07, 6.45) is 4.82. The Bertz CT molecular complexity index is 1300. The van der Waals surface area contributed by atoms with E-state index in [-0.39, 0.29) is 11.8 Å². The molecule has 2 atom stereocenters. The first kappa shape index (κ1) is 21.6. The summed E-state index contributed by atoms with van der Waals surface area (Å²) in [7, 11) is 0. The van der Waals surface area contributed by atoms with E-state index in [1.165, 1.54) is 0 Å². The van der Waals surface area contributed by atoms with Gasteiger partial charge in [0.15, 0.2) is 11.1 Å². The molecule has 0 aliphatic carbocycles. The van der Waals surface area contributed by atoms with E-state index in [1.807, 2.05) is 66.2 Å². The monoisotopic (exact) mass is 460 g/mol. The van der Waals surface area contributed by atoms with Crippen LogP contribution in [0.5, 0.6) is 0 Å². The zero-order valence-electron chi connectivity index (χ0n) is 18.2. The van der Waals surface area contributed by atoms with Gasteiger partial charge in [-0.1, -0.05) is 30.3 Å². The molecule has 168 valence electrons. The van der Waals surface area contributed by atoms with Gasteiger partial charge in [0.25, 0.3) is 0 Å². The highest BCUT2D eigenvalue weighted by atomic mass is 32.2. The standard InChI is InChI=1S/C25H24N4O3S/c1-17-3-2-4-23(27-17)25-22(14-29(28-25)21-10-12-32-15-21)20-9-11-26-24(13-20)19-7-5-18(6-8-19)16-33(30)31/h2-9,11,13-14,21H,10,12,15-16H2,1H3,(H,30,31)/t21-/m1/s1. The van der Waals surface area contributed by atoms with E-state index in [0.717, 1.165) is 58.1 Å². The zero-order chi connectivity index (χ0) is 22.8. The molecule has 4 aromatic rings. The van der Waals surface area contributed by atoms with Gasteiger partial charge in [-0.15, -0.1) is 0 Å². The van der Waals surface area contributed by atoms with E-state index in [4.69, 9.17) is 19.4 Å². The zero-order valence-corrected chi connectivity index (χ0v) is 19.0. The van der Waals surface area contributed by atoms with Crippen molar-refractivity contribution in [2.45, 2.75) is 25.1 Å². The van der Waals surface area contributed by atoms with Gasteiger partial charge in [-0.25, -0.2) is 4.21 Å². The van der Waals surface area contributed by atoms with Gasteiger partial charge in [0.05, 0.1) is 29.8 Å². The molecule has 1 N–H and O–H groups in total. The minimum atomic E-state index is -1.86. The van der Waals surface area contributed by atoms with E-state index < -0.39 is 11.1 Å². The average molecular weight is 461 g/mol. The number of benzene rings is 1. The van der Waals surface area contributed by atoms with Crippen molar-refractivity contribution in [3.8, 4) is 33.8 Å². The van der Waals surface area contributed by atoms with Crippen molar-refractivity contribution in [2.24, 2.45) is 0 Å². The first-order valence-electron chi connectivity index (χ1n) is 10.8. The molecule has 7 nitrogen and oxygen atoms in total. The maximum atomic E-state index is 11.1. The molecule has 33 heavy (non-hydrogen) atoms. The molecular weight excluding hydrogens is 436 g/mol. The van der Waals surface area contributed by atoms with Crippen LogP contribution in [0.15, 0.2) is 67.0 Å². The van der Waals surface area contributed by atoms with Crippen LogP contribution in [0.3, 0.4) is 0 Å². The number of hydrogen-bond donors (Lipinski definition) is 1. The van der Waals surface area contributed by atoms with Crippen molar-refractivity contribution in [2.75, 3.05) is 13.2 Å². The van der Waals surface area contributed by atoms with Crippen molar-refractivity contribution in [1.82, 2.24) is 19.7 Å². The Morgan fingerprint density at radius 3 is 2.70 bits per heavy atom. The number of nitrogens with zero attached hydrogens (tertiary/aromatic N) is 4. The predicted octanol–water partition coefficient (Wildman–Crippen LogP) is 4.67. The van der Waals surface area contributed by atoms with E-state index in [9.17, 15) is 4.21 Å². The molecule has 1 unspecified atom stereocenters. The lowest BCUT2D eigenvalue weighted by molar-refractivity contribution is 0.184. The third-order valence-electron chi connectivity index (χ3n) is 5.75. The third-order valence-corrected chi connectivity index (χ3v) is 6.33. The second-order valence-electron chi connectivity index (χ2n) is 8.15. The van der Waals surface area contributed by atoms with Gasteiger partial charge in [-0.2, -0.15) is 5.10 Å². The number of aromatic nitrogens is 4. The normalized spacial score (nSPS) is 16.7. The fraction of sp³-hybridized carbons (Fsp3) is 0.240. The molecule has 0 spiro atoms. The fourth-order valence-electron chi connectivity index (χ4n) is 4.06. The summed E-state index contributed by atoms with van der Waals surface area (Å²) in [5.41, 5.74) is 7.19. The molecular formula is C25H24N4O3S. The summed E-state index contributed by atoms with van der Waals surface area (Å²) >= 11 is -1.86. The van der Waals surface area contributed by atoms with Crippen LogP contribution in [0.1, 0.15) is 23.7 Å². The molecule has 1 fully saturated rings. The number of ether oxygens (including phenoxy) is 1. The third kappa shape index (κ3) is 4.78. The molecule has 0 amide bonds. The van der Waals surface area contributed by atoms with Crippen LogP contribution in [0, 0.1) is 6.92 Å². The van der Waals surface area contributed by atoms with E-state index >= 15 is 0 Å². The largest absolute Gasteiger partial charge is 0.379 e. The minimum absolute atomic E-state index is 0.116. The van der Waals surface area contributed by atoms with Gasteiger partial charge >= 0.3 is 0 Å². The summed E-state index contributed by atoms with van der Waals surface area (Å²) in [5.74, 6) is 0.116. The van der Waals surface area contributed by atoms with Crippen molar-refractivity contribution < 1.29 is 13.5 Å². The molecule has 5 rings (SSSR count). The molecule has 3 aromatic heterocycles. The van der Waals surface area contributed by atoms with Crippen molar-refractivity contribution in [3.05, 3.63) is 78.2 Å². The summed E-state index contributed by atoms with van der Waals surface area (Å²) in [6.45, 7) is 3.39. The lowest BCUT2D eigenvalue weighted by Gasteiger charge is -2.07. The summed E-state index contributed by atoms with van der Waals surface area (Å²) < 4.78 is 27.8. The topological polar surface area (TPSA) is 90.1 Å². The van der Waals surface area contributed by atoms with Crippen LogP contribution in [-0.4, -0.2) is 41.7 Å². The minimum Gasteiger partial charge on any atom is -0.379 e. The van der Waals surface area contributed by atoms with Crippen LogP contribution in [0.4, 0.5) is 0 Å². The van der Waals surface area contributed by atoms with E-state index in [0.29, 0.717) is 6.61 Å². The first-order valence-corrected chi connectivity index (χ1v) is 12.1. The summed E-state index contributed by atoms with van der Waals surface area (Å²) in [4.78, 5) is 9.27. The molecule has 1 aliphatic heterocycles. The average Bonchev–Trinajstić information content (AvgIpc) is 3.50. The van der Waals surface area contributed by atoms with Gasteiger partial charge in [0.1, 0.15) is 5.69 Å². The number of rotatable bonds is 6. The van der Waals surface area contributed by atoms with E-state index in [2.05, 4.69) is 11.2 Å². The van der Waals surface area contributed by atoms with Crippen molar-refractivity contribution >= 4 is 11.1 Å². The number of pyridine rings is 2. The molecule has 1 aliphatic rings. The highest BCUT2D eigenvalue weighted by molar-refractivity contribution is 7.78. The van der Waals surface area contributed by atoms with Gasteiger partial charge in [-0.3, -0.25) is 14.6 Å². The predicted molar refractivity (Wildman–Crippen MR) is 128 cm³/mol. The summed E-state index contributed by atoms with van der Waals surface area (Å²) in [6, 6.07) is 17.8. The quantitative estimate of drug-likeness (QED) is 0.421. The highest BCUT2D eigenvalue weighted by Crippen LogP contribution is 2.34. The molecule has 1 aromatic carbocycles. The second-order valence-corrected chi connectivity index (χ2v) is 9.08. The van der Waals surface area contributed by atoms with Crippen LogP contribution in [0.25, 0.3) is 33.8 Å². The molecule has 4 heterocycles. The number of hydrogen-bond acceptors (Lipinski definition) is 5. The molecule has 8 heteroatoms. The van der Waals surface area contributed by atoms with Crippen molar-refractivity contribution in [3.63, 3.8) is 0 Å². The smallest absolute Gasteiger partial charge is 0.157 e. The Hall–Kier alpha value is -3.20. The van der Waals surface area contributed by atoms with Crippen LogP contribution < -0.4 is 0 Å². The Balaban J connectivity index is 1.55. The van der Waals surface area contributed by atoms with Crippen LogP contribution in [-0.2, 0) is 21.6 Å². The van der Waals surface area contributed by atoms with Gasteiger partial charge in [0.2, 0.25) is 0 Å². The molecule has 0 bridgehead atoms. The Labute approximate surface area is 194 Å². The second kappa shape index (κ2) is 9.35. The Morgan fingerprint density at radius 1 is 1.12 bits per heavy atom. The van der Waals surface area contributed by atoms with Gasteiger partial charge in [0, 0.05) is 35.8 Å². The highest BCUT2D eigenvalue weighted by Gasteiger charge is 2.22. The molecule has 0 saturated carbocycles. The Kier molecular flexibility index (Phi) is 6.13. The van der Waals surface area contributed by atoms with Crippen LogP contribution in [0.2, 0.25) is 0 Å². The number of aryl methyl sites for hydroxylation is 1. The summed E-state index contributed by atoms with van der Waals surface area (Å²) in [5, 5.41) is 4.92. The fourth-order valence-corrected chi connectivity index (χ4v) is 4.53. The van der Waals surface area contributed by atoms with Crippen molar-refractivity contribution in [1.29, 1.82) is 0 Å². The maximum Gasteiger partial charge on any atom is 0.157 e. The van der Waals surface area contributed by atoms with Gasteiger partial charge in [-0.05, 0) is 48.7 Å². The lowest BCUT2D eigenvalue weighted by atomic mass is 10.0. The molecule has 0 radical (unpaired) electrons. The maximum absolute atomic E-state index is 11.1. The van der Waals surface area contributed by atoms with E-state index in [1.54, 1.807) is 6.20 Å². The molecule has 1 saturated heterocycles.